The van der Waals surface area contributed by atoms with E-state index in [-0.39, 0.29) is 18.7 Å². The average Bonchev–Trinajstić information content (AvgIpc) is 3.50. The molecule has 1 fully saturated rings. The summed E-state index contributed by atoms with van der Waals surface area (Å²) in [4.78, 5) is 23.1. The molecule has 0 aromatic heterocycles. The van der Waals surface area contributed by atoms with Gasteiger partial charge >= 0.3 is 0 Å². The second-order valence-electron chi connectivity index (χ2n) is 8.43. The van der Waals surface area contributed by atoms with Gasteiger partial charge in [0.15, 0.2) is 0 Å². The number of carboxylic acids is 2. The lowest BCUT2D eigenvalue weighted by atomic mass is 9.84. The number of aliphatic carboxylic acids is 2. The molecule has 10 nitrogen and oxygen atoms in total. The molecule has 33 heavy (non-hydrogen) atoms. The zero-order valence-corrected chi connectivity index (χ0v) is 21.1. The van der Waals surface area contributed by atoms with Gasteiger partial charge in [0.1, 0.15) is 4.75 Å². The van der Waals surface area contributed by atoms with Crippen molar-refractivity contribution in [3.05, 3.63) is 12.7 Å². The van der Waals surface area contributed by atoms with Crippen molar-refractivity contribution in [1.82, 2.24) is 12.3 Å². The monoisotopic (exact) mass is 496 g/mol. The maximum absolute atomic E-state index is 11.9. The van der Waals surface area contributed by atoms with E-state index in [9.17, 15) is 32.8 Å². The van der Waals surface area contributed by atoms with Crippen LogP contribution >= 0.6 is 0 Å². The summed E-state index contributed by atoms with van der Waals surface area (Å²) in [6.07, 6.45) is 12.4. The molecular weight excluding hydrogens is 452 g/mol. The van der Waals surface area contributed by atoms with Gasteiger partial charge in [-0.25, -0.2) is 0 Å². The number of carbonyl (C=O) groups excluding carboxylic acids is 2. The van der Waals surface area contributed by atoms with Crippen LogP contribution in [0, 0.1) is 5.92 Å². The highest BCUT2D eigenvalue weighted by Crippen LogP contribution is 2.34. The van der Waals surface area contributed by atoms with Crippen molar-refractivity contribution in [1.29, 1.82) is 0 Å². The van der Waals surface area contributed by atoms with E-state index in [0.29, 0.717) is 12.5 Å². The van der Waals surface area contributed by atoms with Gasteiger partial charge in [0.2, 0.25) is 0 Å². The minimum absolute atomic E-state index is 0. The maximum Gasteiger partial charge on any atom is 0.276 e. The largest absolute Gasteiger partial charge is 0.550 e. The Bertz CT molecular complexity index is 682. The molecule has 1 saturated heterocycles. The third-order valence-electron chi connectivity index (χ3n) is 6.03. The Morgan fingerprint density at radius 2 is 1.39 bits per heavy atom. The van der Waals surface area contributed by atoms with Crippen molar-refractivity contribution in [3.63, 3.8) is 0 Å². The Morgan fingerprint density at radius 1 is 0.970 bits per heavy atom. The molecule has 9 N–H and O–H groups in total. The first kappa shape index (κ1) is 33.6. The normalized spacial score (nSPS) is 17.7. The van der Waals surface area contributed by atoms with Gasteiger partial charge in [-0.15, -0.1) is 6.58 Å². The van der Waals surface area contributed by atoms with Gasteiger partial charge in [0, 0.05) is 11.9 Å². The molecule has 3 unspecified atom stereocenters. The zero-order chi connectivity index (χ0) is 23.3. The summed E-state index contributed by atoms with van der Waals surface area (Å²) >= 11 is 0. The van der Waals surface area contributed by atoms with Crippen molar-refractivity contribution in [3.8, 4) is 0 Å². The minimum atomic E-state index is -5.25. The van der Waals surface area contributed by atoms with Crippen LogP contribution in [0.3, 0.4) is 0 Å². The van der Waals surface area contributed by atoms with E-state index >= 15 is 0 Å². The van der Waals surface area contributed by atoms with E-state index < -0.39 is 45.6 Å². The van der Waals surface area contributed by atoms with Crippen molar-refractivity contribution in [2.45, 2.75) is 101 Å². The number of carbonyl (C=O) groups is 2. The molecule has 0 radical (unpaired) electrons. The number of quaternary nitrogens is 2. The summed E-state index contributed by atoms with van der Waals surface area (Å²) in [6, 6.07) is 0. The number of carboxylic acid groups (broad SMARTS) is 2. The van der Waals surface area contributed by atoms with E-state index in [0.717, 1.165) is 38.4 Å². The van der Waals surface area contributed by atoms with E-state index in [1.54, 1.807) is 0 Å². The molecule has 196 valence electrons. The van der Waals surface area contributed by atoms with Crippen LogP contribution in [0.1, 0.15) is 89.9 Å². The van der Waals surface area contributed by atoms with E-state index in [2.05, 4.69) is 6.58 Å². The fourth-order valence-electron chi connectivity index (χ4n) is 4.06. The van der Waals surface area contributed by atoms with E-state index in [1.807, 2.05) is 0 Å². The third kappa shape index (κ3) is 11.4. The van der Waals surface area contributed by atoms with Gasteiger partial charge in [-0.2, -0.15) is 8.42 Å². The Labute approximate surface area is 198 Å². The number of hydrogen-bond donors (Lipinski definition) is 3. The Hall–Kier alpha value is -1.53. The molecular formula is C22H44N2O8S. The van der Waals surface area contributed by atoms with E-state index in [1.165, 1.54) is 38.5 Å². The first-order valence-corrected chi connectivity index (χ1v) is 12.7. The van der Waals surface area contributed by atoms with Crippen LogP contribution in [0.4, 0.5) is 0 Å². The molecule has 3 atom stereocenters. The molecule has 0 aromatic carbocycles. The predicted molar refractivity (Wildman–Crippen MR) is 124 cm³/mol. The Morgan fingerprint density at radius 3 is 1.73 bits per heavy atom. The highest BCUT2D eigenvalue weighted by Gasteiger charge is 2.51. The van der Waals surface area contributed by atoms with Crippen molar-refractivity contribution < 1.29 is 37.5 Å². The van der Waals surface area contributed by atoms with Crippen molar-refractivity contribution >= 4 is 22.1 Å². The SMILES string of the molecule is C=CCC(C(=O)[O-])C(CCCCCCCCCCCCCC1CO1)(C(=O)[O-])S(=O)(=O)O.[NH4+].[NH4+]. The van der Waals surface area contributed by atoms with E-state index in [4.69, 9.17) is 4.74 Å². The summed E-state index contributed by atoms with van der Waals surface area (Å²) in [7, 11) is -5.25. The smallest absolute Gasteiger partial charge is 0.276 e. The molecule has 0 aromatic rings. The van der Waals surface area contributed by atoms with Crippen LogP contribution in [0.5, 0.6) is 0 Å². The van der Waals surface area contributed by atoms with Crippen LogP contribution in [-0.4, -0.2) is 42.4 Å². The number of allylic oxidation sites excluding steroid dienone is 1. The molecule has 0 amide bonds. The van der Waals surface area contributed by atoms with Crippen molar-refractivity contribution in [2.24, 2.45) is 5.92 Å². The highest BCUT2D eigenvalue weighted by molar-refractivity contribution is 7.88. The quantitative estimate of drug-likeness (QED) is 0.0980. The summed E-state index contributed by atoms with van der Waals surface area (Å²) in [5, 5.41) is 23.1. The molecule has 0 saturated carbocycles. The molecule has 0 aliphatic carbocycles. The lowest BCUT2D eigenvalue weighted by Crippen LogP contribution is -2.62. The maximum atomic E-state index is 11.9. The summed E-state index contributed by atoms with van der Waals surface area (Å²) in [6.45, 7) is 4.25. The molecule has 1 rings (SSSR count). The molecule has 1 aliphatic heterocycles. The van der Waals surface area contributed by atoms with Crippen molar-refractivity contribution in [2.75, 3.05) is 6.61 Å². The van der Waals surface area contributed by atoms with Gasteiger partial charge in [-0.3, -0.25) is 4.55 Å². The summed E-state index contributed by atoms with van der Waals surface area (Å²) in [5.74, 6) is -5.97. The lowest BCUT2D eigenvalue weighted by molar-refractivity contribution is -0.324. The molecule has 1 heterocycles. The minimum Gasteiger partial charge on any atom is -0.550 e. The summed E-state index contributed by atoms with van der Waals surface area (Å²) < 4.78 is 35.6. The van der Waals surface area contributed by atoms with Crippen LogP contribution in [-0.2, 0) is 24.4 Å². The van der Waals surface area contributed by atoms with Crippen LogP contribution in [0.15, 0.2) is 12.7 Å². The number of rotatable bonds is 20. The first-order chi connectivity index (χ1) is 14.7. The zero-order valence-electron chi connectivity index (χ0n) is 20.3. The first-order valence-electron chi connectivity index (χ1n) is 11.3. The van der Waals surface area contributed by atoms with Crippen LogP contribution in [0.2, 0.25) is 0 Å². The average molecular weight is 497 g/mol. The van der Waals surface area contributed by atoms with Gasteiger partial charge in [0.05, 0.1) is 18.7 Å². The van der Waals surface area contributed by atoms with Crippen LogP contribution < -0.4 is 22.5 Å². The lowest BCUT2D eigenvalue weighted by Gasteiger charge is -2.39. The van der Waals surface area contributed by atoms with Crippen LogP contribution in [0.25, 0.3) is 0 Å². The molecule has 11 heteroatoms. The highest BCUT2D eigenvalue weighted by atomic mass is 32.2. The fraction of sp³-hybridized carbons (Fsp3) is 0.818. The standard InChI is InChI=1S/C22H38O8S.2H3N/c1-2-14-19(20(23)24)22(21(25)26,31(27,28)29)16-13-11-9-7-5-3-4-6-8-10-12-15-18-17-30-18;;/h2,18-19H,1,3-17H2,(H,23,24)(H,25,26)(H,27,28,29);2*1H3. The van der Waals surface area contributed by atoms with Gasteiger partial charge in [-0.1, -0.05) is 76.7 Å². The summed E-state index contributed by atoms with van der Waals surface area (Å²) in [5.41, 5.74) is 0. The van der Waals surface area contributed by atoms with Gasteiger partial charge in [-0.05, 0) is 19.3 Å². The number of epoxide rings is 1. The molecule has 0 spiro atoms. The molecule has 0 bridgehead atoms. The second-order valence-corrected chi connectivity index (χ2v) is 10.1. The number of hydrogen-bond acceptors (Lipinski definition) is 7. The Kier molecular flexibility index (Phi) is 17.3. The fourth-order valence-corrected chi connectivity index (χ4v) is 5.23. The Balaban J connectivity index is 0. The van der Waals surface area contributed by atoms with Gasteiger partial charge in [0.25, 0.3) is 10.1 Å². The number of ether oxygens (including phenoxy) is 1. The predicted octanol–water partition coefficient (Wildman–Crippen LogP) is 2.53. The van der Waals surface area contributed by atoms with Gasteiger partial charge < -0.3 is 36.8 Å². The number of unbranched alkanes of at least 4 members (excludes halogenated alkanes) is 10. The second kappa shape index (κ2) is 17.0. The third-order valence-corrected chi connectivity index (χ3v) is 7.61. The topological polar surface area (TPSA) is 220 Å². The molecule has 1 aliphatic rings.